The van der Waals surface area contributed by atoms with E-state index < -0.39 is 0 Å². The van der Waals surface area contributed by atoms with Gasteiger partial charge in [0.2, 0.25) is 0 Å². The molecule has 0 fully saturated rings. The summed E-state index contributed by atoms with van der Waals surface area (Å²) in [6, 6.07) is 0. The molecular weight excluding hydrogens is 160 g/mol. The van der Waals surface area contributed by atoms with Crippen LogP contribution in [0.4, 0.5) is 0 Å². The van der Waals surface area contributed by atoms with Gasteiger partial charge < -0.3 is 4.74 Å². The molecule has 2 heteroatoms. The lowest BCUT2D eigenvalue weighted by atomic mass is 10.1. The molecule has 68 valence electrons. The van der Waals surface area contributed by atoms with E-state index in [1.54, 1.807) is 0 Å². The maximum atomic E-state index is 5.72. The average Bonchev–Trinajstić information content (AvgIpc) is 1.88. The molecule has 0 aliphatic heterocycles. The SMILES string of the molecule is CCC(CCl)COC(C)(C)C. The molecule has 0 heterocycles. The van der Waals surface area contributed by atoms with Crippen molar-refractivity contribution in [3.63, 3.8) is 0 Å². The summed E-state index contributed by atoms with van der Waals surface area (Å²) in [5.41, 5.74) is -0.0283. The Morgan fingerprint density at radius 2 is 1.91 bits per heavy atom. The number of hydrogen-bond acceptors (Lipinski definition) is 1. The third-order valence-electron chi connectivity index (χ3n) is 1.55. The second-order valence-corrected chi connectivity index (χ2v) is 4.16. The van der Waals surface area contributed by atoms with Gasteiger partial charge in [-0.3, -0.25) is 0 Å². The summed E-state index contributed by atoms with van der Waals surface area (Å²) in [5, 5.41) is 0. The monoisotopic (exact) mass is 178 g/mol. The van der Waals surface area contributed by atoms with Crippen molar-refractivity contribution in [3.05, 3.63) is 0 Å². The van der Waals surface area contributed by atoms with Gasteiger partial charge in [-0.1, -0.05) is 6.92 Å². The Bertz CT molecular complexity index is 92.2. The van der Waals surface area contributed by atoms with Gasteiger partial charge in [0.25, 0.3) is 0 Å². The summed E-state index contributed by atoms with van der Waals surface area (Å²) in [4.78, 5) is 0. The maximum Gasteiger partial charge on any atom is 0.0598 e. The molecule has 0 aromatic heterocycles. The minimum atomic E-state index is -0.0283. The first-order valence-electron chi connectivity index (χ1n) is 4.19. The molecule has 0 aliphatic rings. The van der Waals surface area contributed by atoms with E-state index >= 15 is 0 Å². The molecule has 0 aliphatic carbocycles. The van der Waals surface area contributed by atoms with Crippen molar-refractivity contribution < 1.29 is 4.74 Å². The van der Waals surface area contributed by atoms with Crippen molar-refractivity contribution in [1.82, 2.24) is 0 Å². The minimum absolute atomic E-state index is 0.0283. The Hall–Kier alpha value is 0.250. The fourth-order valence-corrected chi connectivity index (χ4v) is 0.947. The molecule has 0 saturated carbocycles. The molecule has 0 rings (SSSR count). The summed E-state index contributed by atoms with van der Waals surface area (Å²) in [7, 11) is 0. The standard InChI is InChI=1S/C9H19ClO/c1-5-8(6-10)7-11-9(2,3)4/h8H,5-7H2,1-4H3. The number of ether oxygens (including phenoxy) is 1. The number of hydrogen-bond donors (Lipinski definition) is 0. The Morgan fingerprint density at radius 3 is 2.18 bits per heavy atom. The van der Waals surface area contributed by atoms with Gasteiger partial charge in [0.1, 0.15) is 0 Å². The van der Waals surface area contributed by atoms with Crippen LogP contribution in [0.2, 0.25) is 0 Å². The van der Waals surface area contributed by atoms with Crippen LogP contribution in [0.1, 0.15) is 34.1 Å². The van der Waals surface area contributed by atoms with Gasteiger partial charge in [-0.25, -0.2) is 0 Å². The first kappa shape index (κ1) is 11.2. The van der Waals surface area contributed by atoms with Crippen LogP contribution in [0.25, 0.3) is 0 Å². The molecular formula is C9H19ClO. The van der Waals surface area contributed by atoms with E-state index in [9.17, 15) is 0 Å². The molecule has 1 unspecified atom stereocenters. The number of halogens is 1. The van der Waals surface area contributed by atoms with Crippen molar-refractivity contribution in [2.75, 3.05) is 12.5 Å². The summed E-state index contributed by atoms with van der Waals surface area (Å²) >= 11 is 5.72. The summed E-state index contributed by atoms with van der Waals surface area (Å²) in [5.74, 6) is 1.21. The third kappa shape index (κ3) is 6.64. The van der Waals surface area contributed by atoms with Gasteiger partial charge in [0.05, 0.1) is 12.2 Å². The zero-order valence-electron chi connectivity index (χ0n) is 7.98. The predicted molar refractivity (Wildman–Crippen MR) is 50.2 cm³/mol. The van der Waals surface area contributed by atoms with Crippen molar-refractivity contribution in [1.29, 1.82) is 0 Å². The largest absolute Gasteiger partial charge is 0.376 e. The smallest absolute Gasteiger partial charge is 0.0598 e. The highest BCUT2D eigenvalue weighted by Gasteiger charge is 2.13. The summed E-state index contributed by atoms with van der Waals surface area (Å²) in [6.07, 6.45) is 1.10. The van der Waals surface area contributed by atoms with Gasteiger partial charge in [0, 0.05) is 5.88 Å². The zero-order valence-corrected chi connectivity index (χ0v) is 8.74. The predicted octanol–water partition coefficient (Wildman–Crippen LogP) is 3.07. The Kier molecular flexibility index (Phi) is 5.11. The van der Waals surface area contributed by atoms with Crippen molar-refractivity contribution in [3.8, 4) is 0 Å². The van der Waals surface area contributed by atoms with E-state index in [2.05, 4.69) is 27.7 Å². The van der Waals surface area contributed by atoms with E-state index in [0.717, 1.165) is 13.0 Å². The van der Waals surface area contributed by atoms with Crippen LogP contribution in [0.15, 0.2) is 0 Å². The highest BCUT2D eigenvalue weighted by atomic mass is 35.5. The fraction of sp³-hybridized carbons (Fsp3) is 1.00. The van der Waals surface area contributed by atoms with E-state index in [1.807, 2.05) is 0 Å². The van der Waals surface area contributed by atoms with Crippen LogP contribution in [-0.4, -0.2) is 18.1 Å². The summed E-state index contributed by atoms with van der Waals surface area (Å²) < 4.78 is 5.59. The van der Waals surface area contributed by atoms with Gasteiger partial charge >= 0.3 is 0 Å². The molecule has 1 nitrogen and oxygen atoms in total. The Balaban J connectivity index is 3.51. The average molecular weight is 179 g/mol. The highest BCUT2D eigenvalue weighted by molar-refractivity contribution is 6.18. The molecule has 0 spiro atoms. The molecule has 1 atom stereocenters. The van der Waals surface area contributed by atoms with Crippen LogP contribution in [0.5, 0.6) is 0 Å². The molecule has 0 amide bonds. The fourth-order valence-electron chi connectivity index (χ4n) is 0.639. The molecule has 0 aromatic rings. The first-order valence-corrected chi connectivity index (χ1v) is 4.73. The third-order valence-corrected chi connectivity index (χ3v) is 1.98. The Morgan fingerprint density at radius 1 is 1.36 bits per heavy atom. The molecule has 0 N–H and O–H groups in total. The molecule has 0 radical (unpaired) electrons. The molecule has 0 bridgehead atoms. The number of alkyl halides is 1. The Labute approximate surface area is 75.1 Å². The highest BCUT2D eigenvalue weighted by Crippen LogP contribution is 2.12. The summed E-state index contributed by atoms with van der Waals surface area (Å²) in [6.45, 7) is 9.11. The topological polar surface area (TPSA) is 9.23 Å². The zero-order chi connectivity index (χ0) is 8.91. The number of rotatable bonds is 4. The van der Waals surface area contributed by atoms with E-state index in [-0.39, 0.29) is 5.60 Å². The van der Waals surface area contributed by atoms with Crippen LogP contribution in [-0.2, 0) is 4.74 Å². The maximum absolute atomic E-state index is 5.72. The van der Waals surface area contributed by atoms with Crippen LogP contribution in [0, 0.1) is 5.92 Å². The van der Waals surface area contributed by atoms with Gasteiger partial charge in [-0.05, 0) is 33.1 Å². The first-order chi connectivity index (χ1) is 4.99. The van der Waals surface area contributed by atoms with E-state index in [4.69, 9.17) is 16.3 Å². The van der Waals surface area contributed by atoms with Crippen molar-refractivity contribution in [2.24, 2.45) is 5.92 Å². The van der Waals surface area contributed by atoms with Crippen molar-refractivity contribution >= 4 is 11.6 Å². The van der Waals surface area contributed by atoms with Crippen LogP contribution in [0.3, 0.4) is 0 Å². The quantitative estimate of drug-likeness (QED) is 0.602. The molecule has 11 heavy (non-hydrogen) atoms. The van der Waals surface area contributed by atoms with E-state index in [0.29, 0.717) is 11.8 Å². The lowest BCUT2D eigenvalue weighted by Gasteiger charge is -2.22. The van der Waals surface area contributed by atoms with Crippen molar-refractivity contribution in [2.45, 2.75) is 39.7 Å². The normalized spacial score (nSPS) is 15.0. The lowest BCUT2D eigenvalue weighted by molar-refractivity contribution is -0.0193. The van der Waals surface area contributed by atoms with Crippen LogP contribution >= 0.6 is 11.6 Å². The molecule has 0 saturated heterocycles. The second kappa shape index (κ2) is 5.00. The van der Waals surface area contributed by atoms with Gasteiger partial charge in [-0.2, -0.15) is 0 Å². The van der Waals surface area contributed by atoms with Gasteiger partial charge in [0.15, 0.2) is 0 Å². The second-order valence-electron chi connectivity index (χ2n) is 3.85. The van der Waals surface area contributed by atoms with Gasteiger partial charge in [-0.15, -0.1) is 11.6 Å². The van der Waals surface area contributed by atoms with Crippen LogP contribution < -0.4 is 0 Å². The molecule has 0 aromatic carbocycles. The minimum Gasteiger partial charge on any atom is -0.376 e. The van der Waals surface area contributed by atoms with E-state index in [1.165, 1.54) is 0 Å². The lowest BCUT2D eigenvalue weighted by Crippen LogP contribution is -2.23.